The molecule has 1 aliphatic rings. The van der Waals surface area contributed by atoms with Crippen LogP contribution in [-0.2, 0) is 4.74 Å². The van der Waals surface area contributed by atoms with Gasteiger partial charge in [-0.3, -0.25) is 0 Å². The van der Waals surface area contributed by atoms with Gasteiger partial charge in [0, 0.05) is 6.61 Å². The first-order valence-corrected chi connectivity index (χ1v) is 5.14. The molecular weight excluding hydrogens is 200 g/mol. The monoisotopic (exact) mass is 212 g/mol. The minimum atomic E-state index is 0.0202. The second-order valence-electron chi connectivity index (χ2n) is 3.37. The van der Waals surface area contributed by atoms with Gasteiger partial charge in [-0.2, -0.15) is 0 Å². The van der Waals surface area contributed by atoms with Crippen molar-refractivity contribution >= 4 is 11.6 Å². The predicted octanol–water partition coefficient (Wildman–Crippen LogP) is 2.76. The Morgan fingerprint density at radius 2 is 2.36 bits per heavy atom. The number of methoxy groups -OCH3 is 1. The average Bonchev–Trinajstić information content (AvgIpc) is 2.65. The van der Waals surface area contributed by atoms with Gasteiger partial charge in [0.2, 0.25) is 0 Å². The molecule has 0 bridgehead atoms. The molecule has 76 valence electrons. The molecule has 1 heterocycles. The first kappa shape index (κ1) is 9.81. The molecule has 2 atom stereocenters. The van der Waals surface area contributed by atoms with Crippen LogP contribution in [0.3, 0.4) is 0 Å². The smallest absolute Gasteiger partial charge is 0.119 e. The Morgan fingerprint density at radius 1 is 1.50 bits per heavy atom. The second kappa shape index (κ2) is 4.20. The van der Waals surface area contributed by atoms with Crippen LogP contribution in [0.1, 0.15) is 18.1 Å². The normalized spacial score (nSPS) is 26.4. The zero-order chi connectivity index (χ0) is 9.97. The molecule has 2 unspecified atom stereocenters. The molecule has 3 heteroatoms. The first-order valence-electron chi connectivity index (χ1n) is 4.71. The number of alkyl halides is 1. The van der Waals surface area contributed by atoms with E-state index in [1.807, 2.05) is 24.3 Å². The summed E-state index contributed by atoms with van der Waals surface area (Å²) in [6, 6.07) is 7.88. The van der Waals surface area contributed by atoms with Crippen LogP contribution in [0, 0.1) is 0 Å². The van der Waals surface area contributed by atoms with Gasteiger partial charge in [-0.25, -0.2) is 0 Å². The zero-order valence-electron chi connectivity index (χ0n) is 8.07. The lowest BCUT2D eigenvalue weighted by Gasteiger charge is -2.14. The quantitative estimate of drug-likeness (QED) is 0.702. The van der Waals surface area contributed by atoms with E-state index >= 15 is 0 Å². The molecule has 2 rings (SSSR count). The average molecular weight is 213 g/mol. The highest BCUT2D eigenvalue weighted by Gasteiger charge is 2.27. The third-order valence-corrected chi connectivity index (χ3v) is 2.89. The molecule has 0 radical (unpaired) electrons. The maximum absolute atomic E-state index is 6.14. The number of hydrogen-bond donors (Lipinski definition) is 0. The predicted molar refractivity (Wildman–Crippen MR) is 55.9 cm³/mol. The third-order valence-electron chi connectivity index (χ3n) is 2.44. The van der Waals surface area contributed by atoms with Crippen LogP contribution in [0.4, 0.5) is 0 Å². The number of halogens is 1. The summed E-state index contributed by atoms with van der Waals surface area (Å²) in [6.07, 6.45) is 0.940. The van der Waals surface area contributed by atoms with Crippen molar-refractivity contribution in [2.24, 2.45) is 0 Å². The van der Waals surface area contributed by atoms with Crippen LogP contribution >= 0.6 is 11.6 Å². The van der Waals surface area contributed by atoms with Crippen LogP contribution in [-0.4, -0.2) is 19.1 Å². The molecule has 1 aromatic rings. The zero-order valence-corrected chi connectivity index (χ0v) is 8.83. The maximum Gasteiger partial charge on any atom is 0.119 e. The van der Waals surface area contributed by atoms with Crippen LogP contribution in [0.15, 0.2) is 24.3 Å². The largest absolute Gasteiger partial charge is 0.497 e. The molecule has 0 N–H and O–H groups in total. The minimum Gasteiger partial charge on any atom is -0.497 e. The Labute approximate surface area is 88.8 Å². The fourth-order valence-corrected chi connectivity index (χ4v) is 1.99. The highest BCUT2D eigenvalue weighted by atomic mass is 35.5. The van der Waals surface area contributed by atoms with Crippen molar-refractivity contribution in [2.45, 2.75) is 17.9 Å². The van der Waals surface area contributed by atoms with Crippen molar-refractivity contribution in [3.8, 4) is 5.75 Å². The molecule has 1 fully saturated rings. The molecule has 14 heavy (non-hydrogen) atoms. The Kier molecular flexibility index (Phi) is 2.94. The van der Waals surface area contributed by atoms with E-state index in [4.69, 9.17) is 21.1 Å². The van der Waals surface area contributed by atoms with E-state index in [-0.39, 0.29) is 11.5 Å². The topological polar surface area (TPSA) is 18.5 Å². The number of ether oxygens (including phenoxy) is 2. The van der Waals surface area contributed by atoms with E-state index < -0.39 is 0 Å². The van der Waals surface area contributed by atoms with E-state index in [0.29, 0.717) is 0 Å². The van der Waals surface area contributed by atoms with Gasteiger partial charge in [-0.15, -0.1) is 11.6 Å². The Hall–Kier alpha value is -0.730. The summed E-state index contributed by atoms with van der Waals surface area (Å²) in [5, 5.41) is 0.0853. The van der Waals surface area contributed by atoms with E-state index in [1.165, 1.54) is 0 Å². The van der Waals surface area contributed by atoms with Gasteiger partial charge in [-0.05, 0) is 24.1 Å². The van der Waals surface area contributed by atoms with Crippen molar-refractivity contribution < 1.29 is 9.47 Å². The molecule has 1 aromatic carbocycles. The summed E-state index contributed by atoms with van der Waals surface area (Å²) in [6.45, 7) is 0.746. The van der Waals surface area contributed by atoms with Gasteiger partial charge in [0.05, 0.1) is 18.6 Å². The highest BCUT2D eigenvalue weighted by molar-refractivity contribution is 6.21. The van der Waals surface area contributed by atoms with E-state index in [1.54, 1.807) is 7.11 Å². The Balaban J connectivity index is 2.22. The fourth-order valence-electron chi connectivity index (χ4n) is 1.69. The fraction of sp³-hybridized carbons (Fsp3) is 0.455. The molecule has 1 saturated heterocycles. The molecule has 0 aromatic heterocycles. The summed E-state index contributed by atoms with van der Waals surface area (Å²) < 4.78 is 10.7. The highest BCUT2D eigenvalue weighted by Crippen LogP contribution is 2.34. The summed E-state index contributed by atoms with van der Waals surface area (Å²) in [5.41, 5.74) is 1.10. The molecule has 0 saturated carbocycles. The van der Waals surface area contributed by atoms with Crippen molar-refractivity contribution in [3.05, 3.63) is 29.8 Å². The van der Waals surface area contributed by atoms with Crippen molar-refractivity contribution in [3.63, 3.8) is 0 Å². The Morgan fingerprint density at radius 3 is 3.00 bits per heavy atom. The van der Waals surface area contributed by atoms with Crippen molar-refractivity contribution in [1.29, 1.82) is 0 Å². The number of benzene rings is 1. The lowest BCUT2D eigenvalue weighted by atomic mass is 10.1. The van der Waals surface area contributed by atoms with Crippen LogP contribution in [0.5, 0.6) is 5.75 Å². The van der Waals surface area contributed by atoms with Gasteiger partial charge < -0.3 is 9.47 Å². The third kappa shape index (κ3) is 1.86. The van der Waals surface area contributed by atoms with Gasteiger partial charge >= 0.3 is 0 Å². The minimum absolute atomic E-state index is 0.0202. The molecule has 2 nitrogen and oxygen atoms in total. The second-order valence-corrected chi connectivity index (χ2v) is 3.93. The SMILES string of the molecule is COc1cccc(C2OCCC2Cl)c1. The first-order chi connectivity index (χ1) is 6.81. The summed E-state index contributed by atoms with van der Waals surface area (Å²) in [7, 11) is 1.66. The standard InChI is InChI=1S/C11H13ClO2/c1-13-9-4-2-3-8(7-9)11-10(12)5-6-14-11/h2-4,7,10-11H,5-6H2,1H3. The summed E-state index contributed by atoms with van der Waals surface area (Å²) in [4.78, 5) is 0. The van der Waals surface area contributed by atoms with E-state index in [0.717, 1.165) is 24.3 Å². The van der Waals surface area contributed by atoms with Crippen molar-refractivity contribution in [2.75, 3.05) is 13.7 Å². The number of hydrogen-bond acceptors (Lipinski definition) is 2. The molecular formula is C11H13ClO2. The van der Waals surface area contributed by atoms with E-state index in [9.17, 15) is 0 Å². The lowest BCUT2D eigenvalue weighted by molar-refractivity contribution is 0.113. The van der Waals surface area contributed by atoms with Gasteiger partial charge in [-0.1, -0.05) is 12.1 Å². The molecule has 0 aliphatic carbocycles. The van der Waals surface area contributed by atoms with Crippen LogP contribution < -0.4 is 4.74 Å². The molecule has 0 amide bonds. The van der Waals surface area contributed by atoms with Crippen LogP contribution in [0.25, 0.3) is 0 Å². The van der Waals surface area contributed by atoms with Gasteiger partial charge in [0.25, 0.3) is 0 Å². The van der Waals surface area contributed by atoms with Gasteiger partial charge in [0.1, 0.15) is 5.75 Å². The molecule has 1 aliphatic heterocycles. The lowest BCUT2D eigenvalue weighted by Crippen LogP contribution is -2.06. The van der Waals surface area contributed by atoms with Gasteiger partial charge in [0.15, 0.2) is 0 Å². The van der Waals surface area contributed by atoms with Crippen molar-refractivity contribution in [1.82, 2.24) is 0 Å². The van der Waals surface area contributed by atoms with E-state index in [2.05, 4.69) is 0 Å². The van der Waals surface area contributed by atoms with Crippen LogP contribution in [0.2, 0.25) is 0 Å². The maximum atomic E-state index is 6.14. The summed E-state index contributed by atoms with van der Waals surface area (Å²) in [5.74, 6) is 0.849. The molecule has 0 spiro atoms. The number of rotatable bonds is 2. The summed E-state index contributed by atoms with van der Waals surface area (Å²) >= 11 is 6.14. The Bertz CT molecular complexity index is 314.